The van der Waals surface area contributed by atoms with Crippen LogP contribution in [0.25, 0.3) is 0 Å². The number of ketones is 1. The van der Waals surface area contributed by atoms with E-state index >= 15 is 4.79 Å². The molecule has 0 aliphatic carbocycles. The number of hydrogen-bond donors (Lipinski definition) is 1. The minimum atomic E-state index is -2.28. The van der Waals surface area contributed by atoms with Gasteiger partial charge in [-0.2, -0.15) is 0 Å². The van der Waals surface area contributed by atoms with Crippen LogP contribution in [0.2, 0.25) is 18.1 Å². The highest BCUT2D eigenvalue weighted by molar-refractivity contribution is 6.74. The number of rotatable bonds is 21. The van der Waals surface area contributed by atoms with Crippen molar-refractivity contribution < 1.29 is 33.0 Å². The molecule has 9 heteroatoms. The number of ether oxygens (including phenoxy) is 4. The predicted octanol–water partition coefficient (Wildman–Crippen LogP) is 8.06. The summed E-state index contributed by atoms with van der Waals surface area (Å²) in [6.07, 6.45) is -2.78. The highest BCUT2D eigenvalue weighted by Crippen LogP contribution is 2.37. The van der Waals surface area contributed by atoms with Crippen molar-refractivity contribution in [1.29, 1.82) is 0 Å². The zero-order valence-electron chi connectivity index (χ0n) is 31.5. The monoisotopic (exact) mass is 725 g/mol. The van der Waals surface area contributed by atoms with Gasteiger partial charge in [-0.05, 0) is 40.4 Å². The third kappa shape index (κ3) is 13.2. The fraction of sp³-hybridized carbons (Fsp3) is 0.395. The first-order valence-electron chi connectivity index (χ1n) is 18.0. The third-order valence-corrected chi connectivity index (χ3v) is 13.9. The summed E-state index contributed by atoms with van der Waals surface area (Å²) in [7, 11) is -2.28. The molecule has 8 nitrogen and oxygen atoms in total. The molecule has 0 heterocycles. The van der Waals surface area contributed by atoms with E-state index < -0.39 is 32.7 Å². The van der Waals surface area contributed by atoms with E-state index in [9.17, 15) is 4.79 Å². The Kier molecular flexibility index (Phi) is 15.9. The average Bonchev–Trinajstić information content (AvgIpc) is 3.14. The number of nitrogens with one attached hydrogen (secondary N) is 1. The first-order chi connectivity index (χ1) is 24.9. The maximum absolute atomic E-state index is 15.1. The Morgan fingerprint density at radius 3 is 1.42 bits per heavy atom. The quantitative estimate of drug-likeness (QED) is 0.0870. The number of carbonyl (C=O) groups is 2. The van der Waals surface area contributed by atoms with Gasteiger partial charge in [-0.25, -0.2) is 0 Å². The normalized spacial score (nSPS) is 14.3. The van der Waals surface area contributed by atoms with Crippen molar-refractivity contribution in [3.8, 4) is 0 Å². The van der Waals surface area contributed by atoms with Gasteiger partial charge in [0, 0.05) is 6.92 Å². The van der Waals surface area contributed by atoms with Crippen LogP contribution in [0.4, 0.5) is 0 Å². The van der Waals surface area contributed by atoms with Crippen molar-refractivity contribution in [2.45, 2.75) is 96.6 Å². The van der Waals surface area contributed by atoms with E-state index in [0.717, 1.165) is 22.3 Å². The van der Waals surface area contributed by atoms with Crippen molar-refractivity contribution in [2.75, 3.05) is 13.2 Å². The molecule has 0 fully saturated rings. The van der Waals surface area contributed by atoms with Crippen molar-refractivity contribution >= 4 is 20.0 Å². The van der Waals surface area contributed by atoms with Gasteiger partial charge in [0.05, 0.1) is 39.6 Å². The number of Topliss-reactive ketones (excluding diaryl/α,β-unsaturated/α-hetero) is 1. The van der Waals surface area contributed by atoms with E-state index in [2.05, 4.69) is 39.2 Å². The Hall–Kier alpha value is -3.96. The molecular weight excluding hydrogens is 671 g/mol. The van der Waals surface area contributed by atoms with Gasteiger partial charge in [-0.1, -0.05) is 142 Å². The molecule has 4 aromatic rings. The van der Waals surface area contributed by atoms with Crippen LogP contribution in [0.5, 0.6) is 0 Å². The summed E-state index contributed by atoms with van der Waals surface area (Å²) in [4.78, 5) is 27.9. The van der Waals surface area contributed by atoms with Crippen LogP contribution in [-0.2, 0) is 59.4 Å². The summed E-state index contributed by atoms with van der Waals surface area (Å²) in [5, 5.41) is 2.84. The Bertz CT molecular complexity index is 1620. The first-order valence-corrected chi connectivity index (χ1v) is 20.9. The van der Waals surface area contributed by atoms with Crippen LogP contribution in [0.1, 0.15) is 49.9 Å². The zero-order valence-corrected chi connectivity index (χ0v) is 32.5. The molecule has 4 rings (SSSR count). The fourth-order valence-electron chi connectivity index (χ4n) is 5.27. The molecule has 52 heavy (non-hydrogen) atoms. The number of benzene rings is 4. The van der Waals surface area contributed by atoms with Gasteiger partial charge in [0.1, 0.15) is 24.4 Å². The highest BCUT2D eigenvalue weighted by atomic mass is 28.4. The van der Waals surface area contributed by atoms with Gasteiger partial charge in [-0.3, -0.25) is 9.59 Å². The largest absolute Gasteiger partial charge is 0.414 e. The Balaban J connectivity index is 1.70. The summed E-state index contributed by atoms with van der Waals surface area (Å²) >= 11 is 0. The van der Waals surface area contributed by atoms with E-state index in [-0.39, 0.29) is 49.8 Å². The highest BCUT2D eigenvalue weighted by Gasteiger charge is 2.43. The van der Waals surface area contributed by atoms with Crippen LogP contribution < -0.4 is 5.32 Å². The summed E-state index contributed by atoms with van der Waals surface area (Å²) < 4.78 is 32.4. The zero-order chi connectivity index (χ0) is 37.4. The van der Waals surface area contributed by atoms with Gasteiger partial charge < -0.3 is 28.7 Å². The van der Waals surface area contributed by atoms with Gasteiger partial charge in [0.25, 0.3) is 0 Å². The van der Waals surface area contributed by atoms with E-state index in [4.69, 9.17) is 23.4 Å². The minimum Gasteiger partial charge on any atom is -0.414 e. The fourth-order valence-corrected chi connectivity index (χ4v) is 6.28. The minimum absolute atomic E-state index is 0.0652. The second kappa shape index (κ2) is 20.3. The molecule has 0 unspecified atom stereocenters. The lowest BCUT2D eigenvalue weighted by molar-refractivity contribution is -0.160. The Morgan fingerprint density at radius 1 is 0.596 bits per heavy atom. The second-order valence-electron chi connectivity index (χ2n) is 14.5. The molecule has 0 radical (unpaired) electrons. The molecule has 0 aromatic heterocycles. The third-order valence-electron chi connectivity index (χ3n) is 9.35. The van der Waals surface area contributed by atoms with Crippen LogP contribution in [0, 0.1) is 0 Å². The Morgan fingerprint density at radius 2 is 1.00 bits per heavy atom. The molecule has 0 aliphatic heterocycles. The number of amides is 1. The molecule has 0 bridgehead atoms. The van der Waals surface area contributed by atoms with Crippen LogP contribution in [0.15, 0.2) is 121 Å². The molecular formula is C43H55NO7Si. The average molecular weight is 726 g/mol. The van der Waals surface area contributed by atoms with Crippen molar-refractivity contribution in [3.63, 3.8) is 0 Å². The van der Waals surface area contributed by atoms with Crippen molar-refractivity contribution in [3.05, 3.63) is 144 Å². The van der Waals surface area contributed by atoms with Crippen LogP contribution in [0.3, 0.4) is 0 Å². The molecule has 0 saturated heterocycles. The standard InChI is InChI=1S/C43H55NO7Si/c1-33(45)44-40(38(32-51-52(5,6)43(2,3)4)48-28-35-21-13-8-14-22-35)41(46)42(50-30-37-25-17-10-18-26-37)39(49-29-36-23-15-9-16-24-36)31-47-27-34-19-11-7-12-20-34/h7-26,38-40,42H,27-32H2,1-6H3,(H,44,45)/t38-,39+,40+,42+/m0/s1. The van der Waals surface area contributed by atoms with Crippen molar-refractivity contribution in [2.24, 2.45) is 0 Å². The van der Waals surface area contributed by atoms with Crippen molar-refractivity contribution in [1.82, 2.24) is 5.32 Å². The Labute approximate surface area is 310 Å². The molecule has 4 aromatic carbocycles. The molecule has 1 N–H and O–H groups in total. The molecule has 278 valence electrons. The predicted molar refractivity (Wildman–Crippen MR) is 207 cm³/mol. The first kappa shape index (κ1) is 40.8. The topological polar surface area (TPSA) is 92.3 Å². The smallest absolute Gasteiger partial charge is 0.217 e. The van der Waals surface area contributed by atoms with E-state index in [1.807, 2.05) is 121 Å². The lowest BCUT2D eigenvalue weighted by Crippen LogP contribution is -2.58. The number of hydrogen-bond acceptors (Lipinski definition) is 7. The lowest BCUT2D eigenvalue weighted by atomic mass is 9.97. The van der Waals surface area contributed by atoms with Gasteiger partial charge >= 0.3 is 0 Å². The molecule has 0 aliphatic rings. The number of carbonyl (C=O) groups excluding carboxylic acids is 2. The molecule has 0 saturated carbocycles. The van der Waals surface area contributed by atoms with E-state index in [1.165, 1.54) is 6.92 Å². The SMILES string of the molecule is CC(=O)N[C@@H](C(=O)[C@H](OCc1ccccc1)[C@@H](COCc1ccccc1)OCc1ccccc1)[C@H](CO[Si](C)(C)C(C)(C)C)OCc1ccccc1. The lowest BCUT2D eigenvalue weighted by Gasteiger charge is -2.39. The van der Waals surface area contributed by atoms with E-state index in [1.54, 1.807) is 0 Å². The maximum Gasteiger partial charge on any atom is 0.217 e. The van der Waals surface area contributed by atoms with Crippen LogP contribution in [-0.4, -0.2) is 57.6 Å². The summed E-state index contributed by atoms with van der Waals surface area (Å²) in [5.41, 5.74) is 3.76. The second-order valence-corrected chi connectivity index (χ2v) is 19.3. The molecule has 1 amide bonds. The van der Waals surface area contributed by atoms with Crippen LogP contribution >= 0.6 is 0 Å². The van der Waals surface area contributed by atoms with Gasteiger partial charge in [0.15, 0.2) is 14.1 Å². The molecule has 0 spiro atoms. The summed E-state index contributed by atoms with van der Waals surface area (Å²) in [6, 6.07) is 37.9. The maximum atomic E-state index is 15.1. The summed E-state index contributed by atoms with van der Waals surface area (Å²) in [6.45, 7) is 13.3. The van der Waals surface area contributed by atoms with Gasteiger partial charge in [0.2, 0.25) is 5.91 Å². The molecule has 4 atom stereocenters. The van der Waals surface area contributed by atoms with Gasteiger partial charge in [-0.15, -0.1) is 0 Å². The summed E-state index contributed by atoms with van der Waals surface area (Å²) in [5.74, 6) is -0.757. The van der Waals surface area contributed by atoms with E-state index in [0.29, 0.717) is 6.61 Å².